The van der Waals surface area contributed by atoms with Crippen LogP contribution in [0.5, 0.6) is 0 Å². The molecule has 0 fully saturated rings. The van der Waals surface area contributed by atoms with Gasteiger partial charge in [-0.25, -0.2) is 8.42 Å². The van der Waals surface area contributed by atoms with Crippen LogP contribution in [0.1, 0.15) is 5.56 Å². The van der Waals surface area contributed by atoms with Gasteiger partial charge in [0.2, 0.25) is 0 Å². The minimum atomic E-state index is -3.73. The maximum Gasteiger partial charge on any atom is 0.263 e. The summed E-state index contributed by atoms with van der Waals surface area (Å²) in [5, 5.41) is 8.60. The number of nitriles is 1. The van der Waals surface area contributed by atoms with Crippen molar-refractivity contribution in [2.24, 2.45) is 0 Å². The van der Waals surface area contributed by atoms with Crippen molar-refractivity contribution >= 4 is 37.3 Å². The number of anilines is 2. The first-order valence-electron chi connectivity index (χ1n) is 5.96. The Hall–Kier alpha value is -2.04. The summed E-state index contributed by atoms with van der Waals surface area (Å²) in [6.07, 6.45) is 0.286. The van der Waals surface area contributed by atoms with Crippen molar-refractivity contribution in [1.82, 2.24) is 0 Å². The van der Waals surface area contributed by atoms with Crippen molar-refractivity contribution < 1.29 is 8.42 Å². The molecule has 3 N–H and O–H groups in total. The number of hydrogen-bond donors (Lipinski definition) is 2. The topological polar surface area (TPSA) is 96.0 Å². The van der Waals surface area contributed by atoms with Crippen LogP contribution in [0.4, 0.5) is 11.4 Å². The van der Waals surface area contributed by atoms with Crippen LogP contribution in [-0.2, 0) is 16.4 Å². The zero-order valence-corrected chi connectivity index (χ0v) is 13.3. The number of nitrogen functional groups attached to an aromatic ring is 1. The molecule has 2 rings (SSSR count). The van der Waals surface area contributed by atoms with Crippen molar-refractivity contribution in [3.05, 3.63) is 52.5 Å². The van der Waals surface area contributed by atoms with Gasteiger partial charge in [-0.2, -0.15) is 5.26 Å². The number of rotatable bonds is 4. The minimum absolute atomic E-state index is 0.0728. The van der Waals surface area contributed by atoms with Crippen LogP contribution in [0.15, 0.2) is 51.8 Å². The molecule has 0 unspecified atom stereocenters. The van der Waals surface area contributed by atoms with E-state index in [4.69, 9.17) is 11.0 Å². The fraction of sp³-hybridized carbons (Fsp3) is 0.0714. The van der Waals surface area contributed by atoms with E-state index in [1.165, 1.54) is 6.07 Å². The maximum absolute atomic E-state index is 12.3. The summed E-state index contributed by atoms with van der Waals surface area (Å²) in [6, 6.07) is 13.3. The number of halogens is 1. The molecule has 0 aromatic heterocycles. The second kappa shape index (κ2) is 6.16. The molecule has 108 valence electrons. The minimum Gasteiger partial charge on any atom is -0.399 e. The fourth-order valence-electron chi connectivity index (χ4n) is 1.72. The van der Waals surface area contributed by atoms with E-state index in [0.717, 1.165) is 5.56 Å². The molecule has 7 heteroatoms. The van der Waals surface area contributed by atoms with Gasteiger partial charge in [0, 0.05) is 15.8 Å². The summed E-state index contributed by atoms with van der Waals surface area (Å²) in [5.74, 6) is 0. The molecular weight excluding hydrogens is 354 g/mol. The van der Waals surface area contributed by atoms with Crippen molar-refractivity contribution in [2.45, 2.75) is 11.3 Å². The second-order valence-corrected chi connectivity index (χ2v) is 6.83. The van der Waals surface area contributed by atoms with Crippen molar-refractivity contribution in [3.63, 3.8) is 0 Å². The Kier molecular flexibility index (Phi) is 4.50. The first-order valence-corrected chi connectivity index (χ1v) is 8.24. The third-order valence-electron chi connectivity index (χ3n) is 2.73. The molecule has 5 nitrogen and oxygen atoms in total. The predicted molar refractivity (Wildman–Crippen MR) is 85.1 cm³/mol. The summed E-state index contributed by atoms with van der Waals surface area (Å²) >= 11 is 3.20. The highest BCUT2D eigenvalue weighted by Gasteiger charge is 2.18. The largest absolute Gasteiger partial charge is 0.399 e. The molecule has 0 aliphatic carbocycles. The zero-order chi connectivity index (χ0) is 15.5. The molecule has 0 saturated heterocycles. The number of sulfonamides is 1. The van der Waals surface area contributed by atoms with Crippen LogP contribution >= 0.6 is 15.9 Å². The molecule has 0 saturated carbocycles. The number of hydrogen-bond acceptors (Lipinski definition) is 4. The van der Waals surface area contributed by atoms with Crippen LogP contribution in [0, 0.1) is 11.3 Å². The molecule has 0 atom stereocenters. The fourth-order valence-corrected chi connectivity index (χ4v) is 3.78. The van der Waals surface area contributed by atoms with Crippen molar-refractivity contribution in [3.8, 4) is 6.07 Å². The monoisotopic (exact) mass is 365 g/mol. The van der Waals surface area contributed by atoms with Gasteiger partial charge in [-0.3, -0.25) is 4.72 Å². The van der Waals surface area contributed by atoms with Crippen LogP contribution in [0.3, 0.4) is 0 Å². The van der Waals surface area contributed by atoms with Crippen molar-refractivity contribution in [1.29, 1.82) is 5.26 Å². The average molecular weight is 366 g/mol. The van der Waals surface area contributed by atoms with Gasteiger partial charge < -0.3 is 5.73 Å². The van der Waals surface area contributed by atoms with Gasteiger partial charge in [-0.05, 0) is 51.8 Å². The molecular formula is C14H12BrN3O2S. The van der Waals surface area contributed by atoms with Gasteiger partial charge in [0.1, 0.15) is 4.90 Å². The molecule has 0 aliphatic heterocycles. The Balaban J connectivity index is 2.29. The van der Waals surface area contributed by atoms with Crippen molar-refractivity contribution in [2.75, 3.05) is 10.5 Å². The lowest BCUT2D eigenvalue weighted by molar-refractivity contribution is 0.601. The Morgan fingerprint density at radius 2 is 1.86 bits per heavy atom. The smallest absolute Gasteiger partial charge is 0.263 e. The Labute approximate surface area is 131 Å². The predicted octanol–water partition coefficient (Wildman–Crippen LogP) is 2.90. The molecule has 2 aromatic carbocycles. The standard InChI is InChI=1S/C14H12BrN3O2S/c15-13-6-3-11(17)9-14(13)21(19,20)18-12-4-1-10(2-5-12)7-8-16/h1-6,9,18H,7,17H2. The summed E-state index contributed by atoms with van der Waals surface area (Å²) in [5.41, 5.74) is 7.24. The summed E-state index contributed by atoms with van der Waals surface area (Å²) < 4.78 is 27.6. The normalized spacial score (nSPS) is 10.9. The number of benzene rings is 2. The maximum atomic E-state index is 12.3. The van der Waals surface area contributed by atoms with E-state index in [1.54, 1.807) is 36.4 Å². The van der Waals surface area contributed by atoms with E-state index in [1.807, 2.05) is 6.07 Å². The number of nitrogens with zero attached hydrogens (tertiary/aromatic N) is 1. The second-order valence-electron chi connectivity index (χ2n) is 4.33. The molecule has 2 aromatic rings. The summed E-state index contributed by atoms with van der Waals surface area (Å²) in [7, 11) is -3.73. The lowest BCUT2D eigenvalue weighted by Gasteiger charge is -2.10. The van der Waals surface area contributed by atoms with Gasteiger partial charge in [0.25, 0.3) is 10.0 Å². The SMILES string of the molecule is N#CCc1ccc(NS(=O)(=O)c2cc(N)ccc2Br)cc1. The highest BCUT2D eigenvalue weighted by atomic mass is 79.9. The Bertz CT molecular complexity index is 796. The quantitative estimate of drug-likeness (QED) is 0.814. The molecule has 0 radical (unpaired) electrons. The van der Waals surface area contributed by atoms with Gasteiger partial charge >= 0.3 is 0 Å². The van der Waals surface area contributed by atoms with Gasteiger partial charge in [0.15, 0.2) is 0 Å². The molecule has 0 spiro atoms. The van der Waals surface area contributed by atoms with Crippen LogP contribution in [0.2, 0.25) is 0 Å². The molecule has 21 heavy (non-hydrogen) atoms. The summed E-state index contributed by atoms with van der Waals surface area (Å²) in [6.45, 7) is 0. The molecule has 0 heterocycles. The van der Waals surface area contributed by atoms with Gasteiger partial charge in [0.05, 0.1) is 12.5 Å². The molecule has 0 bridgehead atoms. The van der Waals surface area contributed by atoms with E-state index in [2.05, 4.69) is 20.7 Å². The lowest BCUT2D eigenvalue weighted by Crippen LogP contribution is -2.14. The van der Waals surface area contributed by atoms with E-state index in [0.29, 0.717) is 15.8 Å². The van der Waals surface area contributed by atoms with E-state index in [9.17, 15) is 8.42 Å². The summed E-state index contributed by atoms with van der Waals surface area (Å²) in [4.78, 5) is 0.0728. The first-order chi connectivity index (χ1) is 9.92. The molecule has 0 aliphatic rings. The Morgan fingerprint density at radius 1 is 1.19 bits per heavy atom. The van der Waals surface area contributed by atoms with Crippen LogP contribution in [-0.4, -0.2) is 8.42 Å². The van der Waals surface area contributed by atoms with Crippen LogP contribution < -0.4 is 10.5 Å². The van der Waals surface area contributed by atoms with E-state index in [-0.39, 0.29) is 11.3 Å². The zero-order valence-electron chi connectivity index (χ0n) is 10.9. The Morgan fingerprint density at radius 3 is 2.48 bits per heavy atom. The van der Waals surface area contributed by atoms with Gasteiger partial charge in [-0.1, -0.05) is 12.1 Å². The third kappa shape index (κ3) is 3.74. The number of nitrogens with one attached hydrogen (secondary N) is 1. The number of nitrogens with two attached hydrogens (primary N) is 1. The van der Waals surface area contributed by atoms with Gasteiger partial charge in [-0.15, -0.1) is 0 Å². The van der Waals surface area contributed by atoms with Crippen LogP contribution in [0.25, 0.3) is 0 Å². The van der Waals surface area contributed by atoms with E-state index >= 15 is 0 Å². The molecule has 0 amide bonds. The highest BCUT2D eigenvalue weighted by molar-refractivity contribution is 9.10. The first kappa shape index (κ1) is 15.4. The van der Waals surface area contributed by atoms with E-state index < -0.39 is 10.0 Å². The third-order valence-corrected chi connectivity index (χ3v) is 5.11. The average Bonchev–Trinajstić information content (AvgIpc) is 2.43. The highest BCUT2D eigenvalue weighted by Crippen LogP contribution is 2.26. The lowest BCUT2D eigenvalue weighted by atomic mass is 10.1.